The van der Waals surface area contributed by atoms with Crippen molar-refractivity contribution in [2.75, 3.05) is 0 Å². The van der Waals surface area contributed by atoms with Crippen LogP contribution >= 0.6 is 31.9 Å². The highest BCUT2D eigenvalue weighted by Gasteiger charge is 2.14. The van der Waals surface area contributed by atoms with Gasteiger partial charge in [-0.25, -0.2) is 9.78 Å². The van der Waals surface area contributed by atoms with Crippen molar-refractivity contribution < 1.29 is 0 Å². The number of aromatic amines is 1. The molecule has 0 amide bonds. The zero-order chi connectivity index (χ0) is 20.7. The maximum Gasteiger partial charge on any atom is 0.349 e. The third-order valence-corrected chi connectivity index (χ3v) is 5.89. The van der Waals surface area contributed by atoms with Gasteiger partial charge in [0.25, 0.3) is 5.56 Å². The number of rotatable bonds is 3. The van der Waals surface area contributed by atoms with Gasteiger partial charge in [-0.3, -0.25) is 9.78 Å². The lowest BCUT2D eigenvalue weighted by molar-refractivity contribution is 0.739. The van der Waals surface area contributed by atoms with Gasteiger partial charge >= 0.3 is 5.69 Å². The number of imidazole rings is 1. The smallest absolute Gasteiger partial charge is 0.334 e. The molecule has 0 aliphatic heterocycles. The molecular formula is C19H12Br2N6O2. The van der Waals surface area contributed by atoms with E-state index in [0.717, 1.165) is 35.8 Å². The van der Waals surface area contributed by atoms with Crippen LogP contribution in [0, 0.1) is 11.3 Å². The topological polar surface area (TPSA) is 109 Å². The lowest BCUT2D eigenvalue weighted by atomic mass is 10.0. The van der Waals surface area contributed by atoms with E-state index in [1.54, 1.807) is 24.5 Å². The Kier molecular flexibility index (Phi) is 4.94. The van der Waals surface area contributed by atoms with Crippen molar-refractivity contribution in [2.45, 2.75) is 6.42 Å². The molecule has 144 valence electrons. The van der Waals surface area contributed by atoms with Crippen LogP contribution in [0.2, 0.25) is 0 Å². The van der Waals surface area contributed by atoms with Gasteiger partial charge < -0.3 is 4.57 Å². The number of nitriles is 1. The average Bonchev–Trinajstić information content (AvgIpc) is 3.05. The van der Waals surface area contributed by atoms with E-state index in [9.17, 15) is 9.59 Å². The van der Waals surface area contributed by atoms with E-state index in [-0.39, 0.29) is 5.69 Å². The lowest BCUT2D eigenvalue weighted by Gasteiger charge is -2.12. The summed E-state index contributed by atoms with van der Waals surface area (Å²) in [6.07, 6.45) is 2.42. The fourth-order valence-electron chi connectivity index (χ4n) is 3.01. The van der Waals surface area contributed by atoms with E-state index in [2.05, 4.69) is 53.0 Å². The van der Waals surface area contributed by atoms with E-state index in [4.69, 9.17) is 5.26 Å². The molecule has 0 fully saturated rings. The van der Waals surface area contributed by atoms with Gasteiger partial charge in [-0.05, 0) is 41.8 Å². The Labute approximate surface area is 180 Å². The summed E-state index contributed by atoms with van der Waals surface area (Å²) in [5, 5.41) is 12.8. The molecule has 4 aromatic rings. The second-order valence-electron chi connectivity index (χ2n) is 6.37. The number of hydrogen-bond acceptors (Lipinski definition) is 5. The van der Waals surface area contributed by atoms with Crippen LogP contribution in [0.25, 0.3) is 16.7 Å². The van der Waals surface area contributed by atoms with E-state index >= 15 is 0 Å². The molecule has 0 aliphatic carbocycles. The second kappa shape index (κ2) is 7.42. The van der Waals surface area contributed by atoms with E-state index in [0.29, 0.717) is 12.1 Å². The fourth-order valence-corrected chi connectivity index (χ4v) is 4.46. The van der Waals surface area contributed by atoms with E-state index in [1.165, 1.54) is 0 Å². The Morgan fingerprint density at radius 2 is 1.90 bits per heavy atom. The highest BCUT2D eigenvalue weighted by Crippen LogP contribution is 2.31. The molecule has 0 radical (unpaired) electrons. The zero-order valence-corrected chi connectivity index (χ0v) is 18.2. The highest BCUT2D eigenvalue weighted by atomic mass is 79.9. The van der Waals surface area contributed by atoms with Gasteiger partial charge in [0.05, 0.1) is 23.0 Å². The molecule has 0 atom stereocenters. The Morgan fingerprint density at radius 3 is 2.59 bits per heavy atom. The van der Waals surface area contributed by atoms with Gasteiger partial charge in [0.2, 0.25) is 5.69 Å². The van der Waals surface area contributed by atoms with Crippen LogP contribution in [0.5, 0.6) is 0 Å². The fraction of sp³-hybridized carbons (Fsp3) is 0.105. The number of aromatic nitrogens is 5. The van der Waals surface area contributed by atoms with Crippen molar-refractivity contribution in [2.24, 2.45) is 7.05 Å². The summed E-state index contributed by atoms with van der Waals surface area (Å²) in [5.74, 6) is 0. The number of H-pyrrole nitrogens is 1. The number of benzene rings is 2. The minimum Gasteiger partial charge on any atom is -0.334 e. The number of aryl methyl sites for hydroxylation is 1. The van der Waals surface area contributed by atoms with Crippen molar-refractivity contribution in [1.82, 2.24) is 24.3 Å². The Morgan fingerprint density at radius 1 is 1.17 bits per heavy atom. The molecule has 10 heteroatoms. The largest absolute Gasteiger partial charge is 0.349 e. The molecule has 2 aromatic carbocycles. The normalized spacial score (nSPS) is 11.0. The Hall–Kier alpha value is -3.03. The molecule has 0 unspecified atom stereocenters. The second-order valence-corrected chi connectivity index (χ2v) is 8.08. The molecule has 8 nitrogen and oxygen atoms in total. The number of fused-ring (bicyclic) bond motifs is 1. The number of nitrogens with one attached hydrogen (secondary N) is 1. The van der Waals surface area contributed by atoms with Crippen molar-refractivity contribution in [1.29, 1.82) is 5.26 Å². The predicted molar refractivity (Wildman–Crippen MR) is 114 cm³/mol. The maximum absolute atomic E-state index is 12.1. The standard InChI is InChI=1S/C19H12Br2N6O2/c1-26-9-23-15-3-2-10(5-17(15)26)4-12-13(20)6-11(7-14(12)21)27-19(29)24-18(28)16(8-22)25-27/h2-3,5-7,9H,4H2,1H3,(H,24,28,29). The van der Waals surface area contributed by atoms with Crippen molar-refractivity contribution in [3.05, 3.63) is 83.3 Å². The molecule has 0 bridgehead atoms. The first-order valence-corrected chi connectivity index (χ1v) is 9.98. The molecular weight excluding hydrogens is 504 g/mol. The molecule has 2 aromatic heterocycles. The first-order chi connectivity index (χ1) is 13.9. The van der Waals surface area contributed by atoms with Gasteiger partial charge in [0.15, 0.2) is 0 Å². The molecule has 0 aliphatic rings. The average molecular weight is 516 g/mol. The maximum atomic E-state index is 12.1. The molecule has 4 rings (SSSR count). The first-order valence-electron chi connectivity index (χ1n) is 8.39. The SMILES string of the molecule is Cn1cnc2ccc(Cc3c(Br)cc(-n4nc(C#N)c(=O)[nH]c4=O)cc3Br)cc21. The van der Waals surface area contributed by atoms with Crippen molar-refractivity contribution >= 4 is 42.9 Å². The van der Waals surface area contributed by atoms with Gasteiger partial charge in [-0.1, -0.05) is 37.9 Å². The molecule has 2 heterocycles. The summed E-state index contributed by atoms with van der Waals surface area (Å²) < 4.78 is 4.46. The summed E-state index contributed by atoms with van der Waals surface area (Å²) >= 11 is 7.11. The Bertz CT molecular complexity index is 1400. The van der Waals surface area contributed by atoms with Gasteiger partial charge in [-0.15, -0.1) is 5.10 Å². The van der Waals surface area contributed by atoms with Crippen molar-refractivity contribution in [3.63, 3.8) is 0 Å². The van der Waals surface area contributed by atoms with Crippen LogP contribution in [0.4, 0.5) is 0 Å². The summed E-state index contributed by atoms with van der Waals surface area (Å²) in [4.78, 5) is 30.1. The molecule has 0 saturated heterocycles. The molecule has 0 spiro atoms. The van der Waals surface area contributed by atoms with Crippen LogP contribution in [0.1, 0.15) is 16.8 Å². The van der Waals surface area contributed by atoms with Gasteiger partial charge in [0.1, 0.15) is 6.07 Å². The van der Waals surface area contributed by atoms with Gasteiger partial charge in [0, 0.05) is 16.0 Å². The monoisotopic (exact) mass is 514 g/mol. The summed E-state index contributed by atoms with van der Waals surface area (Å²) in [6.45, 7) is 0. The molecule has 1 N–H and O–H groups in total. The highest BCUT2D eigenvalue weighted by molar-refractivity contribution is 9.11. The van der Waals surface area contributed by atoms with Crippen LogP contribution in [-0.2, 0) is 13.5 Å². The van der Waals surface area contributed by atoms with Crippen molar-refractivity contribution in [3.8, 4) is 11.8 Å². The zero-order valence-electron chi connectivity index (χ0n) is 15.0. The third kappa shape index (κ3) is 3.54. The van der Waals surface area contributed by atoms with Crippen LogP contribution in [0.15, 0.2) is 55.2 Å². The molecule has 29 heavy (non-hydrogen) atoms. The number of hydrogen-bond donors (Lipinski definition) is 1. The number of halogens is 2. The quantitative estimate of drug-likeness (QED) is 0.451. The van der Waals surface area contributed by atoms with Crippen LogP contribution in [-0.4, -0.2) is 24.3 Å². The molecule has 0 saturated carbocycles. The summed E-state index contributed by atoms with van der Waals surface area (Å²) in [5.41, 5.74) is 2.55. The summed E-state index contributed by atoms with van der Waals surface area (Å²) in [6, 6.07) is 11.2. The first kappa shape index (κ1) is 19.3. The van der Waals surface area contributed by atoms with E-state index in [1.807, 2.05) is 23.7 Å². The van der Waals surface area contributed by atoms with Crippen LogP contribution < -0.4 is 11.2 Å². The third-order valence-electron chi connectivity index (χ3n) is 4.47. The van der Waals surface area contributed by atoms with Crippen LogP contribution in [0.3, 0.4) is 0 Å². The minimum atomic E-state index is -0.811. The predicted octanol–water partition coefficient (Wildman–Crippen LogP) is 2.79. The summed E-state index contributed by atoms with van der Waals surface area (Å²) in [7, 11) is 1.95. The van der Waals surface area contributed by atoms with E-state index < -0.39 is 11.2 Å². The Balaban J connectivity index is 1.76. The lowest BCUT2D eigenvalue weighted by Crippen LogP contribution is -2.33. The minimum absolute atomic E-state index is 0.384. The number of nitrogens with zero attached hydrogens (tertiary/aromatic N) is 5. The van der Waals surface area contributed by atoms with Gasteiger partial charge in [-0.2, -0.15) is 9.94 Å².